The maximum Gasteiger partial charge on any atom is 0.343 e. The summed E-state index contributed by atoms with van der Waals surface area (Å²) in [5.74, 6) is 0.261. The molecular formula is C14H11BrClNO3. The van der Waals surface area contributed by atoms with Crippen LogP contribution in [0.3, 0.4) is 0 Å². The van der Waals surface area contributed by atoms with Crippen LogP contribution in [0.25, 0.3) is 0 Å². The quantitative estimate of drug-likeness (QED) is 0.766. The van der Waals surface area contributed by atoms with Crippen molar-refractivity contribution in [2.45, 2.75) is 6.92 Å². The fourth-order valence-corrected chi connectivity index (χ4v) is 2.13. The summed E-state index contributed by atoms with van der Waals surface area (Å²) >= 11 is 9.45. The molecule has 0 aliphatic carbocycles. The Morgan fingerprint density at radius 3 is 2.75 bits per heavy atom. The number of aromatic nitrogens is 1. The molecule has 0 saturated heterocycles. The van der Waals surface area contributed by atoms with Gasteiger partial charge in [0, 0.05) is 6.20 Å². The van der Waals surface area contributed by atoms with Crippen molar-refractivity contribution in [3.8, 4) is 11.5 Å². The molecule has 0 atom stereocenters. The highest BCUT2D eigenvalue weighted by molar-refractivity contribution is 9.10. The minimum atomic E-state index is -0.553. The van der Waals surface area contributed by atoms with Gasteiger partial charge in [0.05, 0.1) is 22.8 Å². The van der Waals surface area contributed by atoms with Crippen LogP contribution in [0, 0.1) is 6.92 Å². The van der Waals surface area contributed by atoms with Gasteiger partial charge in [0.15, 0.2) is 5.75 Å². The summed E-state index contributed by atoms with van der Waals surface area (Å²) in [5, 5.41) is 0.270. The molecule has 6 heteroatoms. The van der Waals surface area contributed by atoms with Gasteiger partial charge in [0.2, 0.25) is 0 Å². The van der Waals surface area contributed by atoms with Crippen LogP contribution in [0.15, 0.2) is 35.1 Å². The first kappa shape index (κ1) is 14.8. The number of aryl methyl sites for hydroxylation is 1. The second-order valence-corrected chi connectivity index (χ2v) is 5.18. The van der Waals surface area contributed by atoms with Crippen molar-refractivity contribution in [2.24, 2.45) is 0 Å². The number of hydrogen-bond donors (Lipinski definition) is 0. The van der Waals surface area contributed by atoms with Crippen molar-refractivity contribution in [3.63, 3.8) is 0 Å². The maximum atomic E-state index is 11.8. The third-order valence-electron chi connectivity index (χ3n) is 2.61. The van der Waals surface area contributed by atoms with Crippen molar-refractivity contribution in [3.05, 3.63) is 51.2 Å². The highest BCUT2D eigenvalue weighted by Gasteiger charge is 2.18. The lowest BCUT2D eigenvalue weighted by Crippen LogP contribution is -2.05. The Labute approximate surface area is 129 Å². The Hall–Kier alpha value is -1.59. The Balaban J connectivity index is 2.46. The molecular weight excluding hydrogens is 346 g/mol. The summed E-state index contributed by atoms with van der Waals surface area (Å²) in [6.07, 6.45) is 3.26. The zero-order valence-corrected chi connectivity index (χ0v) is 13.2. The second-order valence-electron chi connectivity index (χ2n) is 3.98. The highest BCUT2D eigenvalue weighted by Crippen LogP contribution is 2.35. The molecule has 2 aromatic rings. The van der Waals surface area contributed by atoms with Gasteiger partial charge in [0.25, 0.3) is 0 Å². The first-order valence-electron chi connectivity index (χ1n) is 5.69. The van der Waals surface area contributed by atoms with E-state index in [0.717, 1.165) is 10.0 Å². The molecule has 0 amide bonds. The van der Waals surface area contributed by atoms with Gasteiger partial charge >= 0.3 is 5.97 Å². The molecule has 2 rings (SSSR count). The first-order valence-corrected chi connectivity index (χ1v) is 6.86. The molecule has 1 aromatic heterocycles. The van der Waals surface area contributed by atoms with E-state index in [1.54, 1.807) is 30.6 Å². The summed E-state index contributed by atoms with van der Waals surface area (Å²) < 4.78 is 11.2. The van der Waals surface area contributed by atoms with Gasteiger partial charge in [0.1, 0.15) is 11.3 Å². The summed E-state index contributed by atoms with van der Waals surface area (Å²) in [6, 6.07) is 4.94. The van der Waals surface area contributed by atoms with Crippen LogP contribution in [0.5, 0.6) is 11.5 Å². The Kier molecular flexibility index (Phi) is 4.62. The number of esters is 1. The molecule has 0 aliphatic rings. The van der Waals surface area contributed by atoms with Crippen molar-refractivity contribution in [2.75, 3.05) is 7.11 Å². The molecule has 0 aliphatic heterocycles. The van der Waals surface area contributed by atoms with Gasteiger partial charge in [-0.15, -0.1) is 0 Å². The van der Waals surface area contributed by atoms with Gasteiger partial charge in [-0.3, -0.25) is 4.98 Å². The van der Waals surface area contributed by atoms with E-state index in [9.17, 15) is 4.79 Å². The van der Waals surface area contributed by atoms with Crippen molar-refractivity contribution >= 4 is 33.5 Å². The van der Waals surface area contributed by atoms with Crippen LogP contribution in [0.2, 0.25) is 5.02 Å². The fourth-order valence-electron chi connectivity index (χ4n) is 1.60. The Morgan fingerprint density at radius 1 is 1.30 bits per heavy atom. The molecule has 0 fully saturated rings. The fraction of sp³-hybridized carbons (Fsp3) is 0.143. The topological polar surface area (TPSA) is 48.4 Å². The molecule has 104 valence electrons. The molecule has 1 heterocycles. The number of benzene rings is 1. The van der Waals surface area contributed by atoms with Crippen LogP contribution >= 0.6 is 27.5 Å². The van der Waals surface area contributed by atoms with Crippen molar-refractivity contribution in [1.29, 1.82) is 0 Å². The van der Waals surface area contributed by atoms with E-state index < -0.39 is 5.97 Å². The monoisotopic (exact) mass is 355 g/mol. The van der Waals surface area contributed by atoms with Crippen LogP contribution in [0.4, 0.5) is 0 Å². The first-order chi connectivity index (χ1) is 9.54. The number of ether oxygens (including phenoxy) is 2. The predicted octanol–water partition coefficient (Wildman–Crippen LogP) is 4.38. The minimum Gasteiger partial charge on any atom is -0.465 e. The number of carbonyl (C=O) groups excluding carboxylic acids is 1. The van der Waals surface area contributed by atoms with Gasteiger partial charge in [-0.25, -0.2) is 4.79 Å². The smallest absolute Gasteiger partial charge is 0.343 e. The SMILES string of the molecule is COC(=O)c1c(Cl)cccc1Oc1cncc(C)c1Br. The number of halogens is 2. The standard InChI is InChI=1S/C14H11BrClNO3/c1-8-6-17-7-11(13(8)15)20-10-5-3-4-9(16)12(10)14(18)19-2/h3-7H,1-2H3. The number of nitrogens with zero attached hydrogens (tertiary/aromatic N) is 1. The lowest BCUT2D eigenvalue weighted by Gasteiger charge is -2.12. The predicted molar refractivity (Wildman–Crippen MR) is 79.5 cm³/mol. The number of hydrogen-bond acceptors (Lipinski definition) is 4. The highest BCUT2D eigenvalue weighted by atomic mass is 79.9. The van der Waals surface area contributed by atoms with Gasteiger partial charge in [-0.05, 0) is 40.5 Å². The summed E-state index contributed by atoms with van der Waals surface area (Å²) in [4.78, 5) is 15.8. The molecule has 20 heavy (non-hydrogen) atoms. The van der Waals surface area contributed by atoms with E-state index in [1.807, 2.05) is 6.92 Å². The molecule has 0 radical (unpaired) electrons. The zero-order chi connectivity index (χ0) is 14.7. The molecule has 1 aromatic carbocycles. The van der Waals surface area contributed by atoms with E-state index in [1.165, 1.54) is 7.11 Å². The molecule has 0 bridgehead atoms. The average Bonchev–Trinajstić information content (AvgIpc) is 2.43. The number of carbonyl (C=O) groups is 1. The van der Waals surface area contributed by atoms with E-state index >= 15 is 0 Å². The number of pyridine rings is 1. The largest absolute Gasteiger partial charge is 0.465 e. The maximum absolute atomic E-state index is 11.8. The molecule has 0 saturated carbocycles. The van der Waals surface area contributed by atoms with E-state index in [4.69, 9.17) is 21.1 Å². The van der Waals surface area contributed by atoms with Crippen LogP contribution in [-0.4, -0.2) is 18.1 Å². The van der Waals surface area contributed by atoms with Crippen LogP contribution in [0.1, 0.15) is 15.9 Å². The molecule has 0 spiro atoms. The Morgan fingerprint density at radius 2 is 2.05 bits per heavy atom. The van der Waals surface area contributed by atoms with Crippen LogP contribution in [-0.2, 0) is 4.74 Å². The van der Waals surface area contributed by atoms with E-state index in [0.29, 0.717) is 11.5 Å². The van der Waals surface area contributed by atoms with Crippen molar-refractivity contribution < 1.29 is 14.3 Å². The summed E-state index contributed by atoms with van der Waals surface area (Å²) in [7, 11) is 1.29. The lowest BCUT2D eigenvalue weighted by atomic mass is 10.2. The zero-order valence-electron chi connectivity index (χ0n) is 10.8. The summed E-state index contributed by atoms with van der Waals surface area (Å²) in [6.45, 7) is 1.89. The van der Waals surface area contributed by atoms with Crippen molar-refractivity contribution in [1.82, 2.24) is 4.98 Å². The van der Waals surface area contributed by atoms with Gasteiger partial charge < -0.3 is 9.47 Å². The van der Waals surface area contributed by atoms with E-state index in [-0.39, 0.29) is 10.6 Å². The molecule has 0 unspecified atom stereocenters. The third-order valence-corrected chi connectivity index (χ3v) is 3.94. The van der Waals surface area contributed by atoms with E-state index in [2.05, 4.69) is 20.9 Å². The normalized spacial score (nSPS) is 10.2. The summed E-state index contributed by atoms with van der Waals surface area (Å²) in [5.41, 5.74) is 1.11. The number of rotatable bonds is 3. The van der Waals surface area contributed by atoms with Crippen LogP contribution < -0.4 is 4.74 Å². The minimum absolute atomic E-state index is 0.185. The Bertz CT molecular complexity index is 661. The number of methoxy groups -OCH3 is 1. The third kappa shape index (κ3) is 2.94. The molecule has 4 nitrogen and oxygen atoms in total. The lowest BCUT2D eigenvalue weighted by molar-refractivity contribution is 0.0598. The average molecular weight is 357 g/mol. The van der Waals surface area contributed by atoms with Gasteiger partial charge in [-0.1, -0.05) is 17.7 Å². The van der Waals surface area contributed by atoms with Gasteiger partial charge in [-0.2, -0.15) is 0 Å². The second kappa shape index (κ2) is 6.24. The molecule has 0 N–H and O–H groups in total.